The first-order valence-electron chi connectivity index (χ1n) is 11.3. The van der Waals surface area contributed by atoms with E-state index in [4.69, 9.17) is 11.6 Å². The third-order valence-corrected chi connectivity index (χ3v) is 7.11. The minimum atomic E-state index is -3.58. The Bertz CT molecular complexity index is 1100. The van der Waals surface area contributed by atoms with E-state index >= 15 is 0 Å². The molecule has 0 fully saturated rings. The summed E-state index contributed by atoms with van der Waals surface area (Å²) in [6, 6.07) is 12.3. The van der Waals surface area contributed by atoms with E-state index in [2.05, 4.69) is 5.32 Å². The number of anilines is 1. The molecular formula is C25H34ClN3O4S. The molecule has 2 rings (SSSR count). The fraction of sp³-hybridized carbons (Fsp3) is 0.440. The molecule has 2 aromatic carbocycles. The SMILES string of the molecule is CC[C@@H](C(=O)NC)N(Cc1ccc(C)cc1)C(=O)CCCN(c1cc(Cl)ccc1C)S(C)(=O)=O. The number of sulfonamides is 1. The third-order valence-electron chi connectivity index (χ3n) is 5.70. The zero-order chi connectivity index (χ0) is 25.5. The van der Waals surface area contributed by atoms with Crippen molar-refractivity contribution in [1.29, 1.82) is 0 Å². The fourth-order valence-electron chi connectivity index (χ4n) is 3.81. The number of aryl methyl sites for hydroxylation is 2. The predicted octanol–water partition coefficient (Wildman–Crippen LogP) is 4.06. The van der Waals surface area contributed by atoms with Crippen LogP contribution < -0.4 is 9.62 Å². The van der Waals surface area contributed by atoms with Gasteiger partial charge < -0.3 is 10.2 Å². The lowest BCUT2D eigenvalue weighted by Gasteiger charge is -2.31. The van der Waals surface area contributed by atoms with E-state index in [1.54, 1.807) is 30.1 Å². The molecule has 0 heterocycles. The van der Waals surface area contributed by atoms with Crippen LogP contribution in [0, 0.1) is 13.8 Å². The average Bonchev–Trinajstić information content (AvgIpc) is 2.78. The molecular weight excluding hydrogens is 474 g/mol. The van der Waals surface area contributed by atoms with E-state index in [1.165, 1.54) is 4.31 Å². The summed E-state index contributed by atoms with van der Waals surface area (Å²) in [5.41, 5.74) is 3.30. The van der Waals surface area contributed by atoms with E-state index in [9.17, 15) is 18.0 Å². The maximum absolute atomic E-state index is 13.3. The van der Waals surface area contributed by atoms with Gasteiger partial charge in [-0.15, -0.1) is 0 Å². The van der Waals surface area contributed by atoms with Gasteiger partial charge in [-0.3, -0.25) is 13.9 Å². The Hall–Kier alpha value is -2.58. The van der Waals surface area contributed by atoms with Gasteiger partial charge >= 0.3 is 0 Å². The molecule has 1 atom stereocenters. The molecule has 0 unspecified atom stereocenters. The number of benzene rings is 2. The van der Waals surface area contributed by atoms with E-state index in [0.29, 0.717) is 30.1 Å². The number of amides is 2. The molecule has 2 amide bonds. The second kappa shape index (κ2) is 12.2. The number of nitrogens with one attached hydrogen (secondary N) is 1. The molecule has 0 bridgehead atoms. The summed E-state index contributed by atoms with van der Waals surface area (Å²) in [7, 11) is -2.03. The van der Waals surface area contributed by atoms with Crippen LogP contribution in [0.5, 0.6) is 0 Å². The first-order chi connectivity index (χ1) is 16.0. The van der Waals surface area contributed by atoms with Gasteiger partial charge in [-0.1, -0.05) is 54.4 Å². The summed E-state index contributed by atoms with van der Waals surface area (Å²) < 4.78 is 26.3. The maximum Gasteiger partial charge on any atom is 0.242 e. The van der Waals surface area contributed by atoms with Crippen LogP contribution in [0.1, 0.15) is 42.9 Å². The van der Waals surface area contributed by atoms with E-state index in [0.717, 1.165) is 22.9 Å². The number of halogens is 1. The summed E-state index contributed by atoms with van der Waals surface area (Å²) >= 11 is 6.10. The highest BCUT2D eigenvalue weighted by molar-refractivity contribution is 7.92. The number of nitrogens with zero attached hydrogens (tertiary/aromatic N) is 2. The van der Waals surface area contributed by atoms with Crippen LogP contribution >= 0.6 is 11.6 Å². The van der Waals surface area contributed by atoms with E-state index in [-0.39, 0.29) is 24.8 Å². The van der Waals surface area contributed by atoms with Crippen molar-refractivity contribution >= 4 is 39.1 Å². The summed E-state index contributed by atoms with van der Waals surface area (Å²) in [5.74, 6) is -0.428. The standard InChI is InChI=1S/C25H34ClN3O4S/c1-6-22(25(31)27-4)28(17-20-12-9-18(2)10-13-20)24(30)8-7-15-29(34(5,32)33)23-16-21(26)14-11-19(23)3/h9-14,16,22H,6-8,15,17H2,1-5H3,(H,27,31)/t22-/m0/s1. The minimum absolute atomic E-state index is 0.102. The van der Waals surface area contributed by atoms with Crippen molar-refractivity contribution in [3.05, 3.63) is 64.2 Å². The first kappa shape index (κ1) is 27.7. The van der Waals surface area contributed by atoms with Crippen LogP contribution in [0.15, 0.2) is 42.5 Å². The van der Waals surface area contributed by atoms with Gasteiger partial charge in [-0.2, -0.15) is 0 Å². The molecule has 34 heavy (non-hydrogen) atoms. The Morgan fingerprint density at radius 3 is 2.29 bits per heavy atom. The molecule has 0 aliphatic carbocycles. The molecule has 0 aromatic heterocycles. The van der Waals surface area contributed by atoms with Gasteiger partial charge in [0.1, 0.15) is 6.04 Å². The zero-order valence-corrected chi connectivity index (χ0v) is 22.0. The monoisotopic (exact) mass is 507 g/mol. The molecule has 1 N–H and O–H groups in total. The highest BCUT2D eigenvalue weighted by Crippen LogP contribution is 2.27. The summed E-state index contributed by atoms with van der Waals surface area (Å²) in [6.45, 7) is 6.09. The van der Waals surface area contributed by atoms with Crippen molar-refractivity contribution in [2.45, 2.75) is 52.6 Å². The highest BCUT2D eigenvalue weighted by atomic mass is 35.5. The van der Waals surface area contributed by atoms with Crippen LogP contribution in [0.4, 0.5) is 5.69 Å². The lowest BCUT2D eigenvalue weighted by molar-refractivity contribution is -0.141. The van der Waals surface area contributed by atoms with Crippen molar-refractivity contribution < 1.29 is 18.0 Å². The highest BCUT2D eigenvalue weighted by Gasteiger charge is 2.28. The number of rotatable bonds is 11. The Kier molecular flexibility index (Phi) is 9.94. The minimum Gasteiger partial charge on any atom is -0.357 e. The number of hydrogen-bond acceptors (Lipinski definition) is 4. The van der Waals surface area contributed by atoms with Crippen LogP contribution in [0.2, 0.25) is 5.02 Å². The van der Waals surface area contributed by atoms with Crippen LogP contribution in [0.3, 0.4) is 0 Å². The number of hydrogen-bond donors (Lipinski definition) is 1. The molecule has 9 heteroatoms. The molecule has 2 aromatic rings. The second-order valence-corrected chi connectivity index (χ2v) is 10.8. The summed E-state index contributed by atoms with van der Waals surface area (Å²) in [4.78, 5) is 27.4. The van der Waals surface area contributed by atoms with Gasteiger partial charge in [-0.25, -0.2) is 8.42 Å². The van der Waals surface area contributed by atoms with Gasteiger partial charge in [0.15, 0.2) is 0 Å². The third kappa shape index (κ3) is 7.46. The van der Waals surface area contributed by atoms with Gasteiger partial charge in [-0.05, 0) is 49.9 Å². The van der Waals surface area contributed by atoms with Crippen LogP contribution in [0.25, 0.3) is 0 Å². The molecule has 0 aliphatic rings. The Labute approximate surface area is 208 Å². The molecule has 0 saturated carbocycles. The Morgan fingerprint density at radius 1 is 1.09 bits per heavy atom. The average molecular weight is 508 g/mol. The van der Waals surface area contributed by atoms with Gasteiger partial charge in [0.2, 0.25) is 21.8 Å². The molecule has 7 nitrogen and oxygen atoms in total. The molecule has 0 aliphatic heterocycles. The lowest BCUT2D eigenvalue weighted by Crippen LogP contribution is -2.48. The summed E-state index contributed by atoms with van der Waals surface area (Å²) in [6.07, 6.45) is 2.00. The van der Waals surface area contributed by atoms with E-state index < -0.39 is 16.1 Å². The molecule has 0 spiro atoms. The van der Waals surface area contributed by atoms with Crippen molar-refractivity contribution in [3.8, 4) is 0 Å². The normalized spacial score (nSPS) is 12.2. The van der Waals surface area contributed by atoms with Crippen molar-refractivity contribution in [2.75, 3.05) is 24.2 Å². The topological polar surface area (TPSA) is 86.8 Å². The van der Waals surface area contributed by atoms with E-state index in [1.807, 2.05) is 45.0 Å². The summed E-state index contributed by atoms with van der Waals surface area (Å²) in [5, 5.41) is 3.08. The van der Waals surface area contributed by atoms with Crippen LogP contribution in [-0.2, 0) is 26.2 Å². The Balaban J connectivity index is 2.21. The predicted molar refractivity (Wildman–Crippen MR) is 137 cm³/mol. The molecule has 0 radical (unpaired) electrons. The second-order valence-electron chi connectivity index (χ2n) is 8.42. The zero-order valence-electron chi connectivity index (χ0n) is 20.5. The molecule has 186 valence electrons. The fourth-order valence-corrected chi connectivity index (χ4v) is 4.99. The number of carbonyl (C=O) groups is 2. The van der Waals surface area contributed by atoms with Crippen LogP contribution in [-0.4, -0.2) is 51.0 Å². The first-order valence-corrected chi connectivity index (χ1v) is 13.5. The van der Waals surface area contributed by atoms with Gasteiger partial charge in [0, 0.05) is 31.6 Å². The quantitative estimate of drug-likeness (QED) is 0.497. The van der Waals surface area contributed by atoms with Gasteiger partial charge in [0.05, 0.1) is 11.9 Å². The van der Waals surface area contributed by atoms with Gasteiger partial charge in [0.25, 0.3) is 0 Å². The molecule has 0 saturated heterocycles. The van der Waals surface area contributed by atoms with Crippen molar-refractivity contribution in [3.63, 3.8) is 0 Å². The number of likely N-dealkylation sites (N-methyl/N-ethyl adjacent to an activating group) is 1. The van der Waals surface area contributed by atoms with Crippen molar-refractivity contribution in [2.24, 2.45) is 0 Å². The maximum atomic E-state index is 13.3. The Morgan fingerprint density at radius 2 is 1.74 bits per heavy atom. The number of carbonyl (C=O) groups excluding carboxylic acids is 2. The lowest BCUT2D eigenvalue weighted by atomic mass is 10.1. The van der Waals surface area contributed by atoms with Crippen molar-refractivity contribution in [1.82, 2.24) is 10.2 Å². The smallest absolute Gasteiger partial charge is 0.242 e. The largest absolute Gasteiger partial charge is 0.357 e.